The summed E-state index contributed by atoms with van der Waals surface area (Å²) >= 11 is 0. The number of aryl methyl sites for hydroxylation is 3. The molecule has 3 nitrogen and oxygen atoms in total. The maximum absolute atomic E-state index is 7.16. The summed E-state index contributed by atoms with van der Waals surface area (Å²) in [6.45, 7) is 11.4. The molecule has 3 heteroatoms. The maximum Gasteiger partial charge on any atom is 0.212 e. The number of benzene rings is 2. The Morgan fingerprint density at radius 2 is 1.75 bits per heavy atom. The number of furan rings is 1. The van der Waals surface area contributed by atoms with E-state index in [-0.39, 0.29) is 0 Å². The van der Waals surface area contributed by atoms with Crippen LogP contribution >= 0.6 is 0 Å². The van der Waals surface area contributed by atoms with Gasteiger partial charge in [-0.05, 0) is 43.7 Å². The van der Waals surface area contributed by atoms with Gasteiger partial charge >= 0.3 is 0 Å². The Balaban J connectivity index is 2.00. The molecule has 0 saturated heterocycles. The Bertz CT molecular complexity index is 1150. The number of hydrogen-bond acceptors (Lipinski definition) is 1. The SMILES string of the molecule is [C-]#[N+]c1ccc2c(c1)oc1cc(-c3ccc(C)c[n+]3C)c(C)cc12. The Kier molecular flexibility index (Phi) is 3.14. The highest BCUT2D eigenvalue weighted by molar-refractivity contribution is 6.07. The minimum absolute atomic E-state index is 0.600. The summed E-state index contributed by atoms with van der Waals surface area (Å²) in [5.41, 5.74) is 6.98. The topological polar surface area (TPSA) is 21.4 Å². The summed E-state index contributed by atoms with van der Waals surface area (Å²) in [4.78, 5) is 3.48. The van der Waals surface area contributed by atoms with Crippen molar-refractivity contribution in [1.29, 1.82) is 0 Å². The zero-order valence-corrected chi connectivity index (χ0v) is 13.9. The van der Waals surface area contributed by atoms with Crippen LogP contribution in [0.2, 0.25) is 0 Å². The molecule has 2 aromatic heterocycles. The van der Waals surface area contributed by atoms with Crippen molar-refractivity contribution in [2.45, 2.75) is 13.8 Å². The van der Waals surface area contributed by atoms with Crippen LogP contribution in [-0.2, 0) is 7.05 Å². The minimum atomic E-state index is 0.600. The number of fused-ring (bicyclic) bond motifs is 3. The lowest BCUT2D eigenvalue weighted by atomic mass is 10.0. The first-order valence-corrected chi connectivity index (χ1v) is 7.88. The Morgan fingerprint density at radius 1 is 0.958 bits per heavy atom. The average molecular weight is 313 g/mol. The van der Waals surface area contributed by atoms with Crippen LogP contribution in [0, 0.1) is 20.4 Å². The van der Waals surface area contributed by atoms with E-state index in [1.54, 1.807) is 0 Å². The molecule has 4 aromatic rings. The molecular formula is C21H17N2O+. The first kappa shape index (κ1) is 14.5. The molecule has 0 N–H and O–H groups in total. The number of pyridine rings is 1. The fraction of sp³-hybridized carbons (Fsp3) is 0.143. The van der Waals surface area contributed by atoms with E-state index >= 15 is 0 Å². The van der Waals surface area contributed by atoms with E-state index in [2.05, 4.69) is 60.8 Å². The highest BCUT2D eigenvalue weighted by Crippen LogP contribution is 2.35. The fourth-order valence-corrected chi connectivity index (χ4v) is 3.29. The van der Waals surface area contributed by atoms with Crippen molar-refractivity contribution in [3.63, 3.8) is 0 Å². The molecule has 2 heterocycles. The quantitative estimate of drug-likeness (QED) is 0.347. The zero-order valence-electron chi connectivity index (χ0n) is 13.9. The van der Waals surface area contributed by atoms with E-state index in [0.717, 1.165) is 33.2 Å². The lowest BCUT2D eigenvalue weighted by Gasteiger charge is -2.05. The molecule has 2 aromatic carbocycles. The van der Waals surface area contributed by atoms with Gasteiger partial charge in [0.25, 0.3) is 0 Å². The molecule has 0 unspecified atom stereocenters. The van der Waals surface area contributed by atoms with Gasteiger partial charge in [0.1, 0.15) is 18.2 Å². The Hall–Kier alpha value is -3.12. The van der Waals surface area contributed by atoms with Crippen LogP contribution in [0.1, 0.15) is 11.1 Å². The summed E-state index contributed by atoms with van der Waals surface area (Å²) in [5.74, 6) is 0. The van der Waals surface area contributed by atoms with Crippen molar-refractivity contribution in [3.05, 3.63) is 71.2 Å². The van der Waals surface area contributed by atoms with Crippen molar-refractivity contribution < 1.29 is 8.98 Å². The van der Waals surface area contributed by atoms with Gasteiger partial charge in [-0.25, -0.2) is 9.41 Å². The van der Waals surface area contributed by atoms with E-state index in [1.165, 1.54) is 11.1 Å². The van der Waals surface area contributed by atoms with Gasteiger partial charge in [0, 0.05) is 22.4 Å². The predicted octanol–water partition coefficient (Wildman–Crippen LogP) is 5.25. The normalized spacial score (nSPS) is 11.1. The molecule has 0 saturated carbocycles. The Labute approximate surface area is 140 Å². The highest BCUT2D eigenvalue weighted by atomic mass is 16.3. The molecule has 0 radical (unpaired) electrons. The molecule has 0 fully saturated rings. The molecule has 116 valence electrons. The van der Waals surface area contributed by atoms with E-state index in [9.17, 15) is 0 Å². The number of aromatic nitrogens is 1. The van der Waals surface area contributed by atoms with Gasteiger partial charge in [-0.3, -0.25) is 0 Å². The molecule has 0 aliphatic carbocycles. The third-order valence-corrected chi connectivity index (χ3v) is 4.49. The first-order chi connectivity index (χ1) is 11.6. The van der Waals surface area contributed by atoms with Gasteiger partial charge in [0.2, 0.25) is 5.69 Å². The van der Waals surface area contributed by atoms with Crippen molar-refractivity contribution in [1.82, 2.24) is 0 Å². The molecule has 24 heavy (non-hydrogen) atoms. The predicted molar refractivity (Wildman–Crippen MR) is 96.1 cm³/mol. The van der Waals surface area contributed by atoms with E-state index < -0.39 is 0 Å². The van der Waals surface area contributed by atoms with Crippen LogP contribution in [0.25, 0.3) is 38.0 Å². The lowest BCUT2D eigenvalue weighted by Crippen LogP contribution is -2.31. The van der Waals surface area contributed by atoms with Crippen molar-refractivity contribution in [2.75, 3.05) is 0 Å². The zero-order chi connectivity index (χ0) is 16.8. The van der Waals surface area contributed by atoms with E-state index in [4.69, 9.17) is 11.0 Å². The second-order valence-corrected chi connectivity index (χ2v) is 6.26. The van der Waals surface area contributed by atoms with E-state index in [1.807, 2.05) is 18.2 Å². The van der Waals surface area contributed by atoms with Gasteiger partial charge in [-0.1, -0.05) is 12.1 Å². The largest absolute Gasteiger partial charge is 0.457 e. The molecule has 0 atom stereocenters. The lowest BCUT2D eigenvalue weighted by molar-refractivity contribution is -0.660. The summed E-state index contributed by atoms with van der Waals surface area (Å²) in [6.07, 6.45) is 2.12. The summed E-state index contributed by atoms with van der Waals surface area (Å²) in [5, 5.41) is 2.15. The maximum atomic E-state index is 7.16. The molecular weight excluding hydrogens is 296 g/mol. The second kappa shape index (κ2) is 5.21. The summed E-state index contributed by atoms with van der Waals surface area (Å²) in [6, 6.07) is 14.2. The van der Waals surface area contributed by atoms with Gasteiger partial charge in [0.15, 0.2) is 11.9 Å². The van der Waals surface area contributed by atoms with Crippen molar-refractivity contribution >= 4 is 27.6 Å². The van der Waals surface area contributed by atoms with E-state index in [0.29, 0.717) is 5.69 Å². The number of rotatable bonds is 1. The van der Waals surface area contributed by atoms with Crippen LogP contribution < -0.4 is 4.57 Å². The van der Waals surface area contributed by atoms with Crippen LogP contribution in [0.4, 0.5) is 5.69 Å². The third-order valence-electron chi connectivity index (χ3n) is 4.49. The monoisotopic (exact) mass is 313 g/mol. The third kappa shape index (κ3) is 2.16. The van der Waals surface area contributed by atoms with Crippen molar-refractivity contribution in [2.24, 2.45) is 7.05 Å². The molecule has 0 bridgehead atoms. The molecule has 0 amide bonds. The highest BCUT2D eigenvalue weighted by Gasteiger charge is 2.16. The molecule has 0 aliphatic heterocycles. The first-order valence-electron chi connectivity index (χ1n) is 7.88. The van der Waals surface area contributed by atoms with Gasteiger partial charge < -0.3 is 4.42 Å². The van der Waals surface area contributed by atoms with Crippen LogP contribution in [0.15, 0.2) is 53.1 Å². The standard InChI is InChI=1S/C21H17N2O/c1-13-5-8-19(23(4)12-13)17-11-21-18(9-14(17)2)16-7-6-15(22-3)10-20(16)24-21/h5-12H,1-2,4H3/q+1. The second-order valence-electron chi connectivity index (χ2n) is 6.26. The fourth-order valence-electron chi connectivity index (χ4n) is 3.29. The Morgan fingerprint density at radius 3 is 2.50 bits per heavy atom. The summed E-state index contributed by atoms with van der Waals surface area (Å²) in [7, 11) is 2.06. The molecule has 4 rings (SSSR count). The molecule has 0 aliphatic rings. The number of hydrogen-bond donors (Lipinski definition) is 0. The molecule has 0 spiro atoms. The van der Waals surface area contributed by atoms with Crippen LogP contribution in [-0.4, -0.2) is 0 Å². The minimum Gasteiger partial charge on any atom is -0.457 e. The summed E-state index contributed by atoms with van der Waals surface area (Å²) < 4.78 is 8.17. The van der Waals surface area contributed by atoms with Gasteiger partial charge in [0.05, 0.1) is 12.1 Å². The van der Waals surface area contributed by atoms with Gasteiger partial charge in [-0.15, -0.1) is 0 Å². The number of nitrogens with zero attached hydrogens (tertiary/aromatic N) is 2. The van der Waals surface area contributed by atoms with Crippen molar-refractivity contribution in [3.8, 4) is 11.3 Å². The smallest absolute Gasteiger partial charge is 0.212 e. The van der Waals surface area contributed by atoms with Gasteiger partial charge in [-0.2, -0.15) is 0 Å². The van der Waals surface area contributed by atoms with Crippen LogP contribution in [0.3, 0.4) is 0 Å². The average Bonchev–Trinajstić information content (AvgIpc) is 2.91. The van der Waals surface area contributed by atoms with Crippen LogP contribution in [0.5, 0.6) is 0 Å².